The molecular weight excluding hydrogens is 446 g/mol. The summed E-state index contributed by atoms with van der Waals surface area (Å²) < 4.78 is -1.07. The van der Waals surface area contributed by atoms with E-state index in [4.69, 9.17) is 9.94 Å². The molecule has 3 atom stereocenters. The third-order valence-electron chi connectivity index (χ3n) is 4.76. The normalized spacial score (nSPS) is 25.3. The summed E-state index contributed by atoms with van der Waals surface area (Å²) in [5, 5.41) is 24.3. The lowest BCUT2D eigenvalue weighted by atomic mass is 10.0. The molecular formula is C19H21N3O7S2. The second kappa shape index (κ2) is 9.60. The van der Waals surface area contributed by atoms with Gasteiger partial charge in [0.2, 0.25) is 12.5 Å². The van der Waals surface area contributed by atoms with Crippen molar-refractivity contribution < 1.29 is 34.2 Å². The van der Waals surface area contributed by atoms with E-state index >= 15 is 0 Å². The van der Waals surface area contributed by atoms with Crippen molar-refractivity contribution in [2.24, 2.45) is 5.16 Å². The lowest BCUT2D eigenvalue weighted by Gasteiger charge is -2.53. The van der Waals surface area contributed by atoms with E-state index in [0.29, 0.717) is 17.1 Å². The molecule has 2 aliphatic heterocycles. The molecule has 0 spiro atoms. The zero-order valence-corrected chi connectivity index (χ0v) is 18.1. The van der Waals surface area contributed by atoms with Crippen LogP contribution in [0.3, 0.4) is 0 Å². The van der Waals surface area contributed by atoms with Gasteiger partial charge in [-0.15, -0.1) is 23.5 Å². The Balaban J connectivity index is 1.72. The van der Waals surface area contributed by atoms with Crippen LogP contribution >= 0.6 is 23.5 Å². The Kier molecular flexibility index (Phi) is 7.11. The number of benzene rings is 1. The third-order valence-corrected chi connectivity index (χ3v) is 7.76. The minimum absolute atomic E-state index is 0.0745. The molecule has 0 aliphatic carbocycles. The fourth-order valence-electron chi connectivity index (χ4n) is 3.29. The monoisotopic (exact) mass is 467 g/mol. The van der Waals surface area contributed by atoms with Crippen LogP contribution in [0.25, 0.3) is 0 Å². The number of carbonyl (C=O) groups is 4. The number of carboxylic acid groups (broad SMARTS) is 2. The number of nitrogens with one attached hydrogen (secondary N) is 1. The Morgan fingerprint density at radius 3 is 2.65 bits per heavy atom. The van der Waals surface area contributed by atoms with E-state index in [9.17, 15) is 24.3 Å². The standard InChI is InChI=1S/C19H21N3O7S2/c1-2-31-19(18(27)28)9-22-16(26)14(17(22)30-10-19)20-15(25)13(21-29-8-12(23)24)11-6-4-3-5-7-11/h3-7,14,17H,2,8-10H2,1H3,(H,20,25)(H,23,24)(H,27,28)/t14?,17-,19?/m1/s1. The molecule has 166 valence electrons. The van der Waals surface area contributed by atoms with Crippen LogP contribution in [0.4, 0.5) is 0 Å². The SMILES string of the molecule is CCSC1(C(=O)O)CS[C@@H]2C(NC(=O)C(=NOCC(=O)O)c3ccccc3)C(=O)N2C1. The number of oxime groups is 1. The summed E-state index contributed by atoms with van der Waals surface area (Å²) in [6.07, 6.45) is 0. The van der Waals surface area contributed by atoms with Crippen LogP contribution in [0.1, 0.15) is 12.5 Å². The molecule has 3 N–H and O–H groups in total. The van der Waals surface area contributed by atoms with E-state index in [-0.39, 0.29) is 23.5 Å². The fourth-order valence-corrected chi connectivity index (χ4v) is 6.12. The first-order valence-corrected chi connectivity index (χ1v) is 11.4. The minimum Gasteiger partial charge on any atom is -0.480 e. The summed E-state index contributed by atoms with van der Waals surface area (Å²) in [4.78, 5) is 54.2. The molecule has 2 aliphatic rings. The largest absolute Gasteiger partial charge is 0.480 e. The van der Waals surface area contributed by atoms with Crippen molar-refractivity contribution in [1.82, 2.24) is 10.2 Å². The van der Waals surface area contributed by atoms with Gasteiger partial charge in [0.1, 0.15) is 16.2 Å². The van der Waals surface area contributed by atoms with Gasteiger partial charge in [-0.2, -0.15) is 0 Å². The predicted octanol–water partition coefficient (Wildman–Crippen LogP) is 0.468. The molecule has 0 saturated carbocycles. The van der Waals surface area contributed by atoms with Crippen molar-refractivity contribution in [3.63, 3.8) is 0 Å². The molecule has 2 fully saturated rings. The Hall–Kier alpha value is -2.73. The van der Waals surface area contributed by atoms with E-state index in [1.807, 2.05) is 6.92 Å². The van der Waals surface area contributed by atoms with Crippen LogP contribution in [0.15, 0.2) is 35.5 Å². The summed E-state index contributed by atoms with van der Waals surface area (Å²) >= 11 is 2.60. The van der Waals surface area contributed by atoms with Crippen LogP contribution in [-0.2, 0) is 24.0 Å². The van der Waals surface area contributed by atoms with Gasteiger partial charge in [-0.05, 0) is 5.75 Å². The Morgan fingerprint density at radius 1 is 1.32 bits per heavy atom. The number of thioether (sulfide) groups is 2. The summed E-state index contributed by atoms with van der Waals surface area (Å²) in [5.74, 6) is -2.35. The molecule has 10 nitrogen and oxygen atoms in total. The number of fused-ring (bicyclic) bond motifs is 1. The molecule has 2 unspecified atom stereocenters. The maximum atomic E-state index is 12.8. The lowest BCUT2D eigenvalue weighted by molar-refractivity contribution is -0.151. The smallest absolute Gasteiger partial charge is 0.344 e. The molecule has 2 saturated heterocycles. The van der Waals surface area contributed by atoms with Crippen LogP contribution < -0.4 is 5.32 Å². The van der Waals surface area contributed by atoms with Crippen molar-refractivity contribution in [1.29, 1.82) is 0 Å². The van der Waals surface area contributed by atoms with Crippen molar-refractivity contribution in [2.75, 3.05) is 24.7 Å². The van der Waals surface area contributed by atoms with Gasteiger partial charge in [0.05, 0.1) is 0 Å². The van der Waals surface area contributed by atoms with E-state index in [1.54, 1.807) is 30.3 Å². The number of rotatable bonds is 9. The van der Waals surface area contributed by atoms with Gasteiger partial charge >= 0.3 is 11.9 Å². The molecule has 12 heteroatoms. The number of hydrogen-bond donors (Lipinski definition) is 3. The van der Waals surface area contributed by atoms with E-state index in [1.165, 1.54) is 28.4 Å². The molecule has 2 amide bonds. The highest BCUT2D eigenvalue weighted by atomic mass is 32.2. The van der Waals surface area contributed by atoms with Crippen molar-refractivity contribution in [2.45, 2.75) is 23.1 Å². The molecule has 31 heavy (non-hydrogen) atoms. The number of nitrogens with zero attached hydrogens (tertiary/aromatic N) is 2. The third kappa shape index (κ3) is 4.79. The van der Waals surface area contributed by atoms with Gasteiger partial charge in [0.15, 0.2) is 5.71 Å². The zero-order chi connectivity index (χ0) is 22.6. The zero-order valence-electron chi connectivity index (χ0n) is 16.5. The highest BCUT2D eigenvalue weighted by Crippen LogP contribution is 2.43. The Bertz CT molecular complexity index is 911. The van der Waals surface area contributed by atoms with Crippen LogP contribution in [0.2, 0.25) is 0 Å². The number of carbonyl (C=O) groups excluding carboxylic acids is 2. The van der Waals surface area contributed by atoms with Gasteiger partial charge in [-0.25, -0.2) is 4.79 Å². The number of β-lactam (4-membered cyclic amide) rings is 1. The first-order valence-electron chi connectivity index (χ1n) is 9.36. The Morgan fingerprint density at radius 2 is 2.03 bits per heavy atom. The molecule has 0 radical (unpaired) electrons. The van der Waals surface area contributed by atoms with Crippen molar-refractivity contribution in [3.8, 4) is 0 Å². The second-order valence-electron chi connectivity index (χ2n) is 6.82. The average molecular weight is 468 g/mol. The summed E-state index contributed by atoms with van der Waals surface area (Å²) in [5.41, 5.74) is 0.241. The van der Waals surface area contributed by atoms with Crippen LogP contribution in [-0.4, -0.2) is 85.4 Å². The molecule has 2 heterocycles. The first-order chi connectivity index (χ1) is 14.8. The molecule has 3 rings (SSSR count). The van der Waals surface area contributed by atoms with Crippen LogP contribution in [0, 0.1) is 0 Å². The van der Waals surface area contributed by atoms with E-state index in [2.05, 4.69) is 10.5 Å². The van der Waals surface area contributed by atoms with Gasteiger partial charge in [0, 0.05) is 17.9 Å². The predicted molar refractivity (Wildman–Crippen MR) is 115 cm³/mol. The quantitative estimate of drug-likeness (QED) is 0.268. The highest BCUT2D eigenvalue weighted by Gasteiger charge is 2.57. The van der Waals surface area contributed by atoms with Crippen molar-refractivity contribution >= 4 is 53.0 Å². The van der Waals surface area contributed by atoms with E-state index in [0.717, 1.165) is 0 Å². The van der Waals surface area contributed by atoms with Gasteiger partial charge < -0.3 is 25.3 Å². The fraction of sp³-hybridized carbons (Fsp3) is 0.421. The number of amides is 2. The first kappa shape index (κ1) is 22.9. The van der Waals surface area contributed by atoms with E-state index < -0.39 is 35.2 Å². The summed E-state index contributed by atoms with van der Waals surface area (Å²) in [6.45, 7) is 1.22. The second-order valence-corrected chi connectivity index (χ2v) is 9.58. The average Bonchev–Trinajstić information content (AvgIpc) is 2.75. The summed E-state index contributed by atoms with van der Waals surface area (Å²) in [6, 6.07) is 7.49. The number of hydrogen-bond acceptors (Lipinski definition) is 8. The molecule has 1 aromatic rings. The number of aliphatic carboxylic acids is 2. The molecule has 0 bridgehead atoms. The van der Waals surface area contributed by atoms with Gasteiger partial charge in [0.25, 0.3) is 5.91 Å². The minimum atomic E-state index is -1.24. The van der Waals surface area contributed by atoms with Crippen LogP contribution in [0.5, 0.6) is 0 Å². The maximum Gasteiger partial charge on any atom is 0.344 e. The van der Waals surface area contributed by atoms with Crippen molar-refractivity contribution in [3.05, 3.63) is 35.9 Å². The molecule has 0 aromatic heterocycles. The topological polar surface area (TPSA) is 146 Å². The molecule has 1 aromatic carbocycles. The maximum absolute atomic E-state index is 12.8. The highest BCUT2D eigenvalue weighted by molar-refractivity contribution is 8.05. The van der Waals surface area contributed by atoms with Gasteiger partial charge in [-0.1, -0.05) is 42.4 Å². The Labute approximate surface area is 186 Å². The lowest BCUT2D eigenvalue weighted by Crippen LogP contribution is -2.74. The number of carboxylic acids is 2. The van der Waals surface area contributed by atoms with Gasteiger partial charge in [-0.3, -0.25) is 14.4 Å². The summed E-state index contributed by atoms with van der Waals surface area (Å²) in [7, 11) is 0.